The Kier molecular flexibility index (Phi) is 5.37. The molecule has 1 aliphatic rings. The van der Waals surface area contributed by atoms with Crippen molar-refractivity contribution in [3.05, 3.63) is 54.6 Å². The van der Waals surface area contributed by atoms with Crippen LogP contribution in [-0.2, 0) is 7.05 Å². The monoisotopic (exact) mass is 387 g/mol. The van der Waals surface area contributed by atoms with Gasteiger partial charge in [0.1, 0.15) is 5.82 Å². The Balaban J connectivity index is 1.73. The molecule has 1 aromatic carbocycles. The maximum Gasteiger partial charge on any atom is 0.161 e. The fourth-order valence-corrected chi connectivity index (χ4v) is 3.34. The van der Waals surface area contributed by atoms with Crippen LogP contribution in [-0.4, -0.2) is 39.1 Å². The molecule has 0 aliphatic heterocycles. The average Bonchev–Trinajstić information content (AvgIpc) is 3.15. The summed E-state index contributed by atoms with van der Waals surface area (Å²) in [5.74, 6) is 1.47. The number of benzene rings is 1. The Labute approximate surface area is 170 Å². The number of rotatable bonds is 6. The summed E-state index contributed by atoms with van der Waals surface area (Å²) in [6.45, 7) is 0. The molecule has 148 valence electrons. The van der Waals surface area contributed by atoms with Gasteiger partial charge in [-0.05, 0) is 30.9 Å². The van der Waals surface area contributed by atoms with Crippen LogP contribution < -0.4 is 11.1 Å². The summed E-state index contributed by atoms with van der Waals surface area (Å²) in [5.41, 5.74) is 10.6. The highest BCUT2D eigenvalue weighted by Gasteiger charge is 2.20. The van der Waals surface area contributed by atoms with Crippen LogP contribution in [0.15, 0.2) is 54.0 Å². The van der Waals surface area contributed by atoms with Crippen molar-refractivity contribution in [1.29, 1.82) is 0 Å². The van der Waals surface area contributed by atoms with Crippen molar-refractivity contribution >= 4 is 17.6 Å². The van der Waals surface area contributed by atoms with Gasteiger partial charge in [0.05, 0.1) is 6.20 Å². The molecule has 0 atom stereocenters. The highest BCUT2D eigenvalue weighted by molar-refractivity contribution is 6.11. The first kappa shape index (κ1) is 18.9. The Bertz CT molecular complexity index is 1060. The standard InChI is InChI=1S/C22H25N7/c1-24-11-17(10-23)20-13-25-21(28-22(20)27-19-7-4-8-19)16-6-3-5-15(9-16)18-12-26-29(2)14-18/h3,5-6,9-14,19H,4,7-8,23H2,1-2H3,(H,25,27,28). The zero-order chi connectivity index (χ0) is 20.2. The molecular weight excluding hydrogens is 362 g/mol. The molecule has 7 heteroatoms. The molecule has 3 N–H and O–H groups in total. The third kappa shape index (κ3) is 4.03. The SMILES string of the molecule is CN=CC(=CN)c1cnc(-c2cccc(-c3cnn(C)c3)c2)nc1NC1CCC1. The maximum atomic E-state index is 5.83. The summed E-state index contributed by atoms with van der Waals surface area (Å²) in [7, 11) is 3.64. The lowest BCUT2D eigenvalue weighted by Gasteiger charge is -2.28. The molecule has 2 heterocycles. The Morgan fingerprint density at radius 3 is 2.72 bits per heavy atom. The molecule has 4 rings (SSSR count). The third-order valence-corrected chi connectivity index (χ3v) is 5.15. The number of nitrogens with one attached hydrogen (secondary N) is 1. The first-order valence-corrected chi connectivity index (χ1v) is 9.75. The minimum atomic E-state index is 0.441. The fraction of sp³-hybridized carbons (Fsp3) is 0.273. The smallest absolute Gasteiger partial charge is 0.161 e. The van der Waals surface area contributed by atoms with Crippen LogP contribution in [0.1, 0.15) is 24.8 Å². The molecular formula is C22H25N7. The zero-order valence-electron chi connectivity index (χ0n) is 16.7. The highest BCUT2D eigenvalue weighted by Crippen LogP contribution is 2.30. The van der Waals surface area contributed by atoms with Crippen molar-refractivity contribution in [2.24, 2.45) is 17.8 Å². The van der Waals surface area contributed by atoms with Gasteiger partial charge >= 0.3 is 0 Å². The zero-order valence-corrected chi connectivity index (χ0v) is 16.7. The topological polar surface area (TPSA) is 94.0 Å². The molecule has 29 heavy (non-hydrogen) atoms. The van der Waals surface area contributed by atoms with Gasteiger partial charge in [-0.1, -0.05) is 18.2 Å². The molecule has 0 unspecified atom stereocenters. The summed E-state index contributed by atoms with van der Waals surface area (Å²) < 4.78 is 1.80. The Morgan fingerprint density at radius 2 is 2.07 bits per heavy atom. The number of hydrogen-bond donors (Lipinski definition) is 2. The molecule has 7 nitrogen and oxygen atoms in total. The number of allylic oxidation sites excluding steroid dienone is 1. The lowest BCUT2D eigenvalue weighted by molar-refractivity contribution is 0.444. The minimum absolute atomic E-state index is 0.441. The second-order valence-corrected chi connectivity index (χ2v) is 7.22. The summed E-state index contributed by atoms with van der Waals surface area (Å²) in [6.07, 6.45) is 12.5. The summed E-state index contributed by atoms with van der Waals surface area (Å²) in [4.78, 5) is 13.6. The Morgan fingerprint density at radius 1 is 1.24 bits per heavy atom. The van der Waals surface area contributed by atoms with E-state index < -0.39 is 0 Å². The average molecular weight is 387 g/mol. The number of aromatic nitrogens is 4. The lowest BCUT2D eigenvalue weighted by atomic mass is 9.93. The van der Waals surface area contributed by atoms with E-state index in [1.807, 2.05) is 37.8 Å². The van der Waals surface area contributed by atoms with E-state index in [0.29, 0.717) is 11.9 Å². The Hall–Kier alpha value is -3.48. The summed E-state index contributed by atoms with van der Waals surface area (Å²) in [6, 6.07) is 8.63. The van der Waals surface area contributed by atoms with E-state index in [9.17, 15) is 0 Å². The number of aliphatic imine (C=N–C) groups is 1. The van der Waals surface area contributed by atoms with Gasteiger partial charge in [0, 0.05) is 67.2 Å². The predicted octanol–water partition coefficient (Wildman–Crippen LogP) is 3.51. The van der Waals surface area contributed by atoms with Crippen LogP contribution >= 0.6 is 0 Å². The lowest BCUT2D eigenvalue weighted by Crippen LogP contribution is -2.28. The van der Waals surface area contributed by atoms with E-state index in [4.69, 9.17) is 10.7 Å². The van der Waals surface area contributed by atoms with Crippen molar-refractivity contribution < 1.29 is 0 Å². The quantitative estimate of drug-likeness (QED) is 0.631. The number of anilines is 1. The van der Waals surface area contributed by atoms with Gasteiger partial charge in [0.15, 0.2) is 5.82 Å². The van der Waals surface area contributed by atoms with E-state index in [0.717, 1.165) is 46.5 Å². The molecule has 0 amide bonds. The van der Waals surface area contributed by atoms with Crippen LogP contribution in [0.25, 0.3) is 28.1 Å². The van der Waals surface area contributed by atoms with Gasteiger partial charge in [0.25, 0.3) is 0 Å². The third-order valence-electron chi connectivity index (χ3n) is 5.15. The molecule has 1 aliphatic carbocycles. The van der Waals surface area contributed by atoms with E-state index >= 15 is 0 Å². The minimum Gasteiger partial charge on any atom is -0.404 e. The molecule has 1 fully saturated rings. The maximum absolute atomic E-state index is 5.83. The molecule has 0 bridgehead atoms. The van der Waals surface area contributed by atoms with E-state index in [-0.39, 0.29) is 0 Å². The van der Waals surface area contributed by atoms with Crippen molar-refractivity contribution in [2.45, 2.75) is 25.3 Å². The number of hydrogen-bond acceptors (Lipinski definition) is 6. The highest BCUT2D eigenvalue weighted by atomic mass is 15.2. The normalized spacial score (nSPS) is 14.9. The first-order valence-electron chi connectivity index (χ1n) is 9.75. The molecule has 3 aromatic rings. The van der Waals surface area contributed by atoms with Crippen LogP contribution in [0.2, 0.25) is 0 Å². The first-order chi connectivity index (χ1) is 14.2. The van der Waals surface area contributed by atoms with E-state index in [2.05, 4.69) is 32.5 Å². The van der Waals surface area contributed by atoms with Gasteiger partial charge in [0.2, 0.25) is 0 Å². The largest absolute Gasteiger partial charge is 0.404 e. The summed E-state index contributed by atoms with van der Waals surface area (Å²) >= 11 is 0. The molecule has 1 saturated carbocycles. The number of nitrogens with zero attached hydrogens (tertiary/aromatic N) is 5. The fourth-order valence-electron chi connectivity index (χ4n) is 3.34. The summed E-state index contributed by atoms with van der Waals surface area (Å²) in [5, 5.41) is 7.82. The van der Waals surface area contributed by atoms with Crippen LogP contribution in [0, 0.1) is 0 Å². The number of aryl methyl sites for hydroxylation is 1. The van der Waals surface area contributed by atoms with Crippen LogP contribution in [0.3, 0.4) is 0 Å². The van der Waals surface area contributed by atoms with Crippen molar-refractivity contribution in [3.8, 4) is 22.5 Å². The number of nitrogens with two attached hydrogens (primary N) is 1. The van der Waals surface area contributed by atoms with Crippen LogP contribution in [0.4, 0.5) is 5.82 Å². The van der Waals surface area contributed by atoms with Crippen molar-refractivity contribution in [3.63, 3.8) is 0 Å². The van der Waals surface area contributed by atoms with E-state index in [1.54, 1.807) is 24.1 Å². The molecule has 0 saturated heterocycles. The van der Waals surface area contributed by atoms with Crippen molar-refractivity contribution in [2.75, 3.05) is 12.4 Å². The van der Waals surface area contributed by atoms with Crippen LogP contribution in [0.5, 0.6) is 0 Å². The van der Waals surface area contributed by atoms with Gasteiger partial charge in [-0.2, -0.15) is 5.10 Å². The van der Waals surface area contributed by atoms with Crippen molar-refractivity contribution in [1.82, 2.24) is 19.7 Å². The second kappa shape index (κ2) is 8.26. The van der Waals surface area contributed by atoms with Gasteiger partial charge < -0.3 is 11.1 Å². The van der Waals surface area contributed by atoms with Gasteiger partial charge in [-0.15, -0.1) is 0 Å². The molecule has 2 aromatic heterocycles. The van der Waals surface area contributed by atoms with Gasteiger partial charge in [-0.3, -0.25) is 9.67 Å². The molecule has 0 spiro atoms. The van der Waals surface area contributed by atoms with Gasteiger partial charge in [-0.25, -0.2) is 9.97 Å². The second-order valence-electron chi connectivity index (χ2n) is 7.22. The molecule has 0 radical (unpaired) electrons. The predicted molar refractivity (Wildman–Crippen MR) is 118 cm³/mol. The van der Waals surface area contributed by atoms with E-state index in [1.165, 1.54) is 6.42 Å².